The van der Waals surface area contributed by atoms with Gasteiger partial charge in [0.25, 0.3) is 0 Å². The molecule has 1 unspecified atom stereocenters. The van der Waals surface area contributed by atoms with Crippen LogP contribution in [0.2, 0.25) is 0 Å². The first-order valence-electron chi connectivity index (χ1n) is 5.75. The van der Waals surface area contributed by atoms with Crippen molar-refractivity contribution in [1.29, 1.82) is 0 Å². The largest absolute Gasteiger partial charge is 0.315 e. The van der Waals surface area contributed by atoms with Crippen LogP contribution in [0.25, 0.3) is 0 Å². The zero-order valence-electron chi connectivity index (χ0n) is 11.2. The van der Waals surface area contributed by atoms with Crippen molar-refractivity contribution < 1.29 is 8.42 Å². The minimum absolute atomic E-state index is 0.158. The van der Waals surface area contributed by atoms with Crippen LogP contribution in [0.15, 0.2) is 16.3 Å². The standard InChI is InChI=1S/C11H21N3O2S2/c1-9(14(3)4)7-13-18(15,16)11-5-6-17-10(11)8-12-2/h5-6,9,12-13H,7-8H2,1-4H3. The Hall–Kier alpha value is -0.470. The van der Waals surface area contributed by atoms with E-state index < -0.39 is 10.0 Å². The fraction of sp³-hybridized carbons (Fsp3) is 0.636. The Balaban J connectivity index is 2.77. The quantitative estimate of drug-likeness (QED) is 0.776. The van der Waals surface area contributed by atoms with Crippen molar-refractivity contribution in [3.05, 3.63) is 16.3 Å². The summed E-state index contributed by atoms with van der Waals surface area (Å²) in [7, 11) is 2.25. The molecular weight excluding hydrogens is 270 g/mol. The second-order valence-electron chi connectivity index (χ2n) is 4.40. The molecule has 1 atom stereocenters. The average Bonchev–Trinajstić information content (AvgIpc) is 2.75. The normalized spacial score (nSPS) is 14.1. The van der Waals surface area contributed by atoms with Crippen molar-refractivity contribution in [2.45, 2.75) is 24.4 Å². The number of nitrogens with one attached hydrogen (secondary N) is 2. The van der Waals surface area contributed by atoms with Crippen LogP contribution in [-0.4, -0.2) is 47.0 Å². The number of hydrogen-bond donors (Lipinski definition) is 2. The Kier molecular flexibility index (Phi) is 5.74. The van der Waals surface area contributed by atoms with E-state index in [-0.39, 0.29) is 6.04 Å². The third kappa shape index (κ3) is 4.03. The summed E-state index contributed by atoms with van der Waals surface area (Å²) >= 11 is 1.45. The highest BCUT2D eigenvalue weighted by Gasteiger charge is 2.20. The van der Waals surface area contributed by atoms with Gasteiger partial charge >= 0.3 is 0 Å². The van der Waals surface area contributed by atoms with E-state index >= 15 is 0 Å². The van der Waals surface area contributed by atoms with E-state index in [0.717, 1.165) is 4.88 Å². The summed E-state index contributed by atoms with van der Waals surface area (Å²) in [6.45, 7) is 2.95. The predicted molar refractivity (Wildman–Crippen MR) is 75.4 cm³/mol. The van der Waals surface area contributed by atoms with Crippen LogP contribution in [0.5, 0.6) is 0 Å². The van der Waals surface area contributed by atoms with Gasteiger partial charge in [-0.3, -0.25) is 0 Å². The molecule has 0 aliphatic heterocycles. The first-order valence-corrected chi connectivity index (χ1v) is 8.12. The summed E-state index contributed by atoms with van der Waals surface area (Å²) in [4.78, 5) is 3.19. The minimum atomic E-state index is -3.40. The van der Waals surface area contributed by atoms with Gasteiger partial charge in [-0.25, -0.2) is 13.1 Å². The third-order valence-electron chi connectivity index (χ3n) is 2.78. The van der Waals surface area contributed by atoms with Crippen LogP contribution >= 0.6 is 11.3 Å². The molecule has 1 rings (SSSR count). The monoisotopic (exact) mass is 291 g/mol. The molecule has 1 heterocycles. The zero-order valence-corrected chi connectivity index (χ0v) is 12.9. The van der Waals surface area contributed by atoms with Crippen LogP contribution < -0.4 is 10.0 Å². The van der Waals surface area contributed by atoms with E-state index in [2.05, 4.69) is 10.0 Å². The highest BCUT2D eigenvalue weighted by Crippen LogP contribution is 2.21. The van der Waals surface area contributed by atoms with E-state index in [1.165, 1.54) is 11.3 Å². The average molecular weight is 291 g/mol. The van der Waals surface area contributed by atoms with Gasteiger partial charge in [0.2, 0.25) is 10.0 Å². The van der Waals surface area contributed by atoms with Crippen LogP contribution in [0, 0.1) is 0 Å². The highest BCUT2D eigenvalue weighted by atomic mass is 32.2. The van der Waals surface area contributed by atoms with Crippen molar-refractivity contribution >= 4 is 21.4 Å². The van der Waals surface area contributed by atoms with E-state index in [1.54, 1.807) is 18.5 Å². The van der Waals surface area contributed by atoms with Gasteiger partial charge in [0, 0.05) is 24.0 Å². The number of nitrogens with zero attached hydrogens (tertiary/aromatic N) is 1. The van der Waals surface area contributed by atoms with Crippen LogP contribution in [-0.2, 0) is 16.6 Å². The Bertz CT molecular complexity index is 468. The summed E-state index contributed by atoms with van der Waals surface area (Å²) in [5, 5.41) is 4.78. The van der Waals surface area contributed by atoms with Gasteiger partial charge in [0.05, 0.1) is 4.90 Å². The number of thiophene rings is 1. The lowest BCUT2D eigenvalue weighted by Crippen LogP contribution is -2.38. The maximum absolute atomic E-state index is 12.2. The van der Waals surface area contributed by atoms with Gasteiger partial charge in [-0.15, -0.1) is 11.3 Å². The molecule has 0 aliphatic carbocycles. The smallest absolute Gasteiger partial charge is 0.241 e. The molecule has 18 heavy (non-hydrogen) atoms. The number of likely N-dealkylation sites (N-methyl/N-ethyl adjacent to an activating group) is 1. The molecule has 0 fully saturated rings. The molecule has 0 radical (unpaired) electrons. The molecule has 0 bridgehead atoms. The Morgan fingerprint density at radius 2 is 2.11 bits per heavy atom. The molecule has 0 saturated heterocycles. The summed E-state index contributed by atoms with van der Waals surface area (Å²) in [6, 6.07) is 1.81. The molecule has 7 heteroatoms. The number of rotatable bonds is 7. The summed E-state index contributed by atoms with van der Waals surface area (Å²) in [5.41, 5.74) is 0. The Labute approximate surface area is 113 Å². The maximum atomic E-state index is 12.2. The van der Waals surface area contributed by atoms with Crippen molar-refractivity contribution in [1.82, 2.24) is 14.9 Å². The van der Waals surface area contributed by atoms with Gasteiger partial charge in [0.15, 0.2) is 0 Å². The summed E-state index contributed by atoms with van der Waals surface area (Å²) in [6.07, 6.45) is 0. The van der Waals surface area contributed by atoms with Gasteiger partial charge in [0.1, 0.15) is 0 Å². The molecule has 1 aromatic heterocycles. The van der Waals surface area contributed by atoms with E-state index in [0.29, 0.717) is 18.0 Å². The molecule has 0 amide bonds. The molecule has 2 N–H and O–H groups in total. The van der Waals surface area contributed by atoms with E-state index in [1.807, 2.05) is 25.9 Å². The summed E-state index contributed by atoms with van der Waals surface area (Å²) in [5.74, 6) is 0. The molecular formula is C11H21N3O2S2. The molecule has 5 nitrogen and oxygen atoms in total. The molecule has 0 aromatic carbocycles. The van der Waals surface area contributed by atoms with Crippen molar-refractivity contribution in [2.75, 3.05) is 27.7 Å². The topological polar surface area (TPSA) is 61.4 Å². The first-order chi connectivity index (χ1) is 8.38. The second kappa shape index (κ2) is 6.63. The minimum Gasteiger partial charge on any atom is -0.315 e. The van der Waals surface area contributed by atoms with Crippen LogP contribution in [0.4, 0.5) is 0 Å². The second-order valence-corrected chi connectivity index (χ2v) is 7.14. The maximum Gasteiger partial charge on any atom is 0.241 e. The lowest BCUT2D eigenvalue weighted by Gasteiger charge is -2.20. The molecule has 0 saturated carbocycles. The Morgan fingerprint density at radius 1 is 1.44 bits per heavy atom. The van der Waals surface area contributed by atoms with Crippen molar-refractivity contribution in [3.63, 3.8) is 0 Å². The van der Waals surface area contributed by atoms with Gasteiger partial charge in [-0.2, -0.15) is 0 Å². The van der Waals surface area contributed by atoms with Crippen molar-refractivity contribution in [2.24, 2.45) is 0 Å². The zero-order chi connectivity index (χ0) is 13.8. The first kappa shape index (κ1) is 15.6. The SMILES string of the molecule is CNCc1sccc1S(=O)(=O)NCC(C)N(C)C. The van der Waals surface area contributed by atoms with E-state index in [4.69, 9.17) is 0 Å². The predicted octanol–water partition coefficient (Wildman–Crippen LogP) is 0.696. The fourth-order valence-electron chi connectivity index (χ4n) is 1.35. The fourth-order valence-corrected chi connectivity index (χ4v) is 3.92. The molecule has 0 spiro atoms. The van der Waals surface area contributed by atoms with Gasteiger partial charge in [-0.05, 0) is 39.5 Å². The molecule has 1 aromatic rings. The summed E-state index contributed by atoms with van der Waals surface area (Å²) < 4.78 is 27.0. The van der Waals surface area contributed by atoms with Gasteiger partial charge < -0.3 is 10.2 Å². The lowest BCUT2D eigenvalue weighted by atomic mass is 10.3. The third-order valence-corrected chi connectivity index (χ3v) is 5.34. The lowest BCUT2D eigenvalue weighted by molar-refractivity contribution is 0.314. The van der Waals surface area contributed by atoms with Gasteiger partial charge in [-0.1, -0.05) is 0 Å². The number of hydrogen-bond acceptors (Lipinski definition) is 5. The highest BCUT2D eigenvalue weighted by molar-refractivity contribution is 7.89. The Morgan fingerprint density at radius 3 is 2.67 bits per heavy atom. The molecule has 0 aliphatic rings. The molecule has 104 valence electrons. The number of sulfonamides is 1. The van der Waals surface area contributed by atoms with Crippen LogP contribution in [0.3, 0.4) is 0 Å². The van der Waals surface area contributed by atoms with E-state index in [9.17, 15) is 8.42 Å². The van der Waals surface area contributed by atoms with Crippen LogP contribution in [0.1, 0.15) is 11.8 Å². The van der Waals surface area contributed by atoms with Crippen molar-refractivity contribution in [3.8, 4) is 0 Å².